The number of amides is 1. The van der Waals surface area contributed by atoms with Crippen LogP contribution in [0.2, 0.25) is 0 Å². The van der Waals surface area contributed by atoms with Crippen molar-refractivity contribution in [1.82, 2.24) is 0 Å². The van der Waals surface area contributed by atoms with E-state index in [1.807, 2.05) is 0 Å². The van der Waals surface area contributed by atoms with E-state index in [1.54, 1.807) is 25.1 Å². The molecular formula is C11H14N2O3. The molecule has 5 heteroatoms. The number of fused-ring (bicyclic) bond motifs is 1. The Labute approximate surface area is 93.5 Å². The first-order valence-electron chi connectivity index (χ1n) is 5.13. The molecule has 0 saturated carbocycles. The van der Waals surface area contributed by atoms with Gasteiger partial charge in [-0.3, -0.25) is 4.79 Å². The Morgan fingerprint density at radius 2 is 2.19 bits per heavy atom. The minimum Gasteiger partial charge on any atom is -0.486 e. The lowest BCUT2D eigenvalue weighted by molar-refractivity contribution is -0.117. The number of nitrogens with one attached hydrogen (secondary N) is 1. The summed E-state index contributed by atoms with van der Waals surface area (Å²) in [4.78, 5) is 11.5. The van der Waals surface area contributed by atoms with Crippen molar-refractivity contribution in [2.45, 2.75) is 13.0 Å². The molecule has 0 radical (unpaired) electrons. The minimum absolute atomic E-state index is 0.248. The fourth-order valence-electron chi connectivity index (χ4n) is 1.42. The van der Waals surface area contributed by atoms with Gasteiger partial charge in [-0.1, -0.05) is 6.07 Å². The van der Waals surface area contributed by atoms with E-state index in [0.29, 0.717) is 30.4 Å². The van der Waals surface area contributed by atoms with E-state index in [1.165, 1.54) is 0 Å². The van der Waals surface area contributed by atoms with E-state index < -0.39 is 6.04 Å². The van der Waals surface area contributed by atoms with Gasteiger partial charge >= 0.3 is 0 Å². The largest absolute Gasteiger partial charge is 0.486 e. The van der Waals surface area contributed by atoms with Crippen LogP contribution < -0.4 is 20.5 Å². The van der Waals surface area contributed by atoms with Gasteiger partial charge in [0.1, 0.15) is 13.2 Å². The summed E-state index contributed by atoms with van der Waals surface area (Å²) < 4.78 is 10.9. The summed E-state index contributed by atoms with van der Waals surface area (Å²) in [6.45, 7) is 2.64. The molecule has 1 aromatic carbocycles. The number of hydrogen-bond acceptors (Lipinski definition) is 4. The molecule has 86 valence electrons. The van der Waals surface area contributed by atoms with Gasteiger partial charge in [0.05, 0.1) is 11.7 Å². The second-order valence-corrected chi connectivity index (χ2v) is 3.61. The molecule has 1 amide bonds. The third kappa shape index (κ3) is 2.09. The standard InChI is InChI=1S/C11H14N2O3/c1-7(12)11(14)13-8-3-2-4-9-10(8)16-6-5-15-9/h2-4,7H,5-6,12H2,1H3,(H,13,14)/t7-/m1/s1. The smallest absolute Gasteiger partial charge is 0.241 e. The minimum atomic E-state index is -0.555. The maximum Gasteiger partial charge on any atom is 0.241 e. The van der Waals surface area contributed by atoms with E-state index in [4.69, 9.17) is 15.2 Å². The van der Waals surface area contributed by atoms with Crippen LogP contribution in [0.3, 0.4) is 0 Å². The van der Waals surface area contributed by atoms with Crippen LogP contribution in [-0.2, 0) is 4.79 Å². The van der Waals surface area contributed by atoms with Gasteiger partial charge in [-0.15, -0.1) is 0 Å². The molecule has 0 saturated heterocycles. The van der Waals surface area contributed by atoms with Gasteiger partial charge in [-0.25, -0.2) is 0 Å². The van der Waals surface area contributed by atoms with Crippen molar-refractivity contribution < 1.29 is 14.3 Å². The maximum atomic E-state index is 11.5. The van der Waals surface area contributed by atoms with Crippen LogP contribution in [0.4, 0.5) is 5.69 Å². The molecule has 0 aliphatic carbocycles. The zero-order chi connectivity index (χ0) is 11.5. The number of hydrogen-bond donors (Lipinski definition) is 2. The Kier molecular flexibility index (Phi) is 2.96. The highest BCUT2D eigenvalue weighted by atomic mass is 16.6. The third-order valence-electron chi connectivity index (χ3n) is 2.24. The molecule has 0 spiro atoms. The van der Waals surface area contributed by atoms with Crippen LogP contribution in [0, 0.1) is 0 Å². The molecule has 0 bridgehead atoms. The van der Waals surface area contributed by atoms with Crippen LogP contribution in [0.5, 0.6) is 11.5 Å². The lowest BCUT2D eigenvalue weighted by atomic mass is 10.2. The van der Waals surface area contributed by atoms with Crippen LogP contribution in [0.15, 0.2) is 18.2 Å². The van der Waals surface area contributed by atoms with E-state index in [-0.39, 0.29) is 5.91 Å². The monoisotopic (exact) mass is 222 g/mol. The topological polar surface area (TPSA) is 73.6 Å². The number of carbonyl (C=O) groups excluding carboxylic acids is 1. The fraction of sp³-hybridized carbons (Fsp3) is 0.364. The Bertz CT molecular complexity index is 404. The molecule has 1 atom stereocenters. The second kappa shape index (κ2) is 4.40. The average Bonchev–Trinajstić information content (AvgIpc) is 2.29. The maximum absolute atomic E-state index is 11.5. The number of carbonyl (C=O) groups is 1. The van der Waals surface area contributed by atoms with Gasteiger partial charge in [0.2, 0.25) is 5.91 Å². The lowest BCUT2D eigenvalue weighted by Gasteiger charge is -2.21. The van der Waals surface area contributed by atoms with Crippen molar-refractivity contribution in [3.05, 3.63) is 18.2 Å². The predicted octanol–water partition coefficient (Wildman–Crippen LogP) is 0.743. The summed E-state index contributed by atoms with van der Waals surface area (Å²) in [6, 6.07) is 4.80. The average molecular weight is 222 g/mol. The van der Waals surface area contributed by atoms with E-state index in [2.05, 4.69) is 5.32 Å². The number of benzene rings is 1. The summed E-state index contributed by atoms with van der Waals surface area (Å²) in [5.41, 5.74) is 6.07. The second-order valence-electron chi connectivity index (χ2n) is 3.61. The Balaban J connectivity index is 2.24. The zero-order valence-electron chi connectivity index (χ0n) is 9.03. The Hall–Kier alpha value is -1.75. The molecule has 2 rings (SSSR count). The highest BCUT2D eigenvalue weighted by Crippen LogP contribution is 2.37. The van der Waals surface area contributed by atoms with Crippen LogP contribution in [0.1, 0.15) is 6.92 Å². The number of para-hydroxylation sites is 1. The van der Waals surface area contributed by atoms with E-state index >= 15 is 0 Å². The highest BCUT2D eigenvalue weighted by Gasteiger charge is 2.17. The molecule has 1 aliphatic heterocycles. The van der Waals surface area contributed by atoms with Crippen molar-refractivity contribution in [3.8, 4) is 11.5 Å². The van der Waals surface area contributed by atoms with Crippen molar-refractivity contribution in [1.29, 1.82) is 0 Å². The summed E-state index contributed by atoms with van der Waals surface area (Å²) >= 11 is 0. The first-order valence-corrected chi connectivity index (χ1v) is 5.13. The van der Waals surface area contributed by atoms with Gasteiger partial charge in [0.25, 0.3) is 0 Å². The van der Waals surface area contributed by atoms with Crippen LogP contribution >= 0.6 is 0 Å². The van der Waals surface area contributed by atoms with Gasteiger partial charge in [0, 0.05) is 0 Å². The van der Waals surface area contributed by atoms with Gasteiger partial charge < -0.3 is 20.5 Å². The van der Waals surface area contributed by atoms with Crippen molar-refractivity contribution >= 4 is 11.6 Å². The molecule has 0 fully saturated rings. The van der Waals surface area contributed by atoms with Gasteiger partial charge in [0.15, 0.2) is 11.5 Å². The Morgan fingerprint density at radius 1 is 1.44 bits per heavy atom. The summed E-state index contributed by atoms with van der Waals surface area (Å²) in [5.74, 6) is 0.971. The van der Waals surface area contributed by atoms with Crippen molar-refractivity contribution in [2.24, 2.45) is 5.73 Å². The van der Waals surface area contributed by atoms with E-state index in [0.717, 1.165) is 0 Å². The first kappa shape index (κ1) is 10.8. The molecular weight excluding hydrogens is 208 g/mol. The van der Waals surface area contributed by atoms with Crippen molar-refractivity contribution in [2.75, 3.05) is 18.5 Å². The molecule has 16 heavy (non-hydrogen) atoms. The van der Waals surface area contributed by atoms with Crippen LogP contribution in [0.25, 0.3) is 0 Å². The van der Waals surface area contributed by atoms with E-state index in [9.17, 15) is 4.79 Å². The lowest BCUT2D eigenvalue weighted by Crippen LogP contribution is -2.32. The SMILES string of the molecule is C[C@@H](N)C(=O)Nc1cccc2c1OCCO2. The van der Waals surface area contributed by atoms with Gasteiger partial charge in [-0.05, 0) is 19.1 Å². The summed E-state index contributed by atoms with van der Waals surface area (Å²) in [7, 11) is 0. The molecule has 3 N–H and O–H groups in total. The van der Waals surface area contributed by atoms with Gasteiger partial charge in [-0.2, -0.15) is 0 Å². The number of anilines is 1. The Morgan fingerprint density at radius 3 is 2.94 bits per heavy atom. The fourth-order valence-corrected chi connectivity index (χ4v) is 1.42. The first-order chi connectivity index (χ1) is 7.68. The molecule has 1 aliphatic rings. The molecule has 0 aromatic heterocycles. The predicted molar refractivity (Wildman–Crippen MR) is 59.7 cm³/mol. The summed E-state index contributed by atoms with van der Waals surface area (Å²) in [6.07, 6.45) is 0. The number of ether oxygens (including phenoxy) is 2. The molecule has 1 heterocycles. The number of nitrogens with two attached hydrogens (primary N) is 1. The highest BCUT2D eigenvalue weighted by molar-refractivity contribution is 5.96. The zero-order valence-corrected chi connectivity index (χ0v) is 9.03. The van der Waals surface area contributed by atoms with Crippen LogP contribution in [-0.4, -0.2) is 25.2 Å². The quantitative estimate of drug-likeness (QED) is 0.774. The third-order valence-corrected chi connectivity index (χ3v) is 2.24. The molecule has 1 aromatic rings. The normalized spacial score (nSPS) is 15.4. The number of rotatable bonds is 2. The molecule has 5 nitrogen and oxygen atoms in total. The molecule has 0 unspecified atom stereocenters. The van der Waals surface area contributed by atoms with Crippen molar-refractivity contribution in [3.63, 3.8) is 0 Å². The summed E-state index contributed by atoms with van der Waals surface area (Å²) in [5, 5.41) is 2.70.